The van der Waals surface area contributed by atoms with Crippen molar-refractivity contribution in [3.05, 3.63) is 71.0 Å². The zero-order valence-corrected chi connectivity index (χ0v) is 22.5. The molecule has 2 N–H and O–H groups in total. The van der Waals surface area contributed by atoms with Crippen molar-refractivity contribution in [1.29, 1.82) is 0 Å². The van der Waals surface area contributed by atoms with Gasteiger partial charge in [0.15, 0.2) is 9.84 Å². The summed E-state index contributed by atoms with van der Waals surface area (Å²) in [6, 6.07) is 13.3. The SMILES string of the molecule is CCOC(=O)[C@@H](C)NC1(c2ccc(CC3[C@H](C)NC[C@@H](c4ccccc4)S3(=O)=O)c(F)c2)CCOCC1. The van der Waals surface area contributed by atoms with Crippen molar-refractivity contribution >= 4 is 15.8 Å². The Morgan fingerprint density at radius 2 is 1.92 bits per heavy atom. The van der Waals surface area contributed by atoms with E-state index < -0.39 is 37.7 Å². The molecule has 2 saturated heterocycles. The Morgan fingerprint density at radius 3 is 2.57 bits per heavy atom. The van der Waals surface area contributed by atoms with E-state index >= 15 is 4.39 Å². The van der Waals surface area contributed by atoms with Crippen molar-refractivity contribution in [3.8, 4) is 0 Å². The Hall–Kier alpha value is -2.33. The number of rotatable bonds is 8. The smallest absolute Gasteiger partial charge is 0.322 e. The van der Waals surface area contributed by atoms with Crippen LogP contribution in [0.3, 0.4) is 0 Å². The van der Waals surface area contributed by atoms with Crippen LogP contribution in [0.5, 0.6) is 0 Å². The predicted molar refractivity (Wildman–Crippen MR) is 140 cm³/mol. The second-order valence-corrected chi connectivity index (χ2v) is 12.4. The topological polar surface area (TPSA) is 93.7 Å². The fourth-order valence-corrected chi connectivity index (χ4v) is 7.87. The van der Waals surface area contributed by atoms with Gasteiger partial charge in [0, 0.05) is 31.3 Å². The minimum atomic E-state index is -3.56. The van der Waals surface area contributed by atoms with E-state index in [2.05, 4.69) is 10.6 Å². The lowest BCUT2D eigenvalue weighted by Crippen LogP contribution is -2.53. The Labute approximate surface area is 219 Å². The number of hydrogen-bond donors (Lipinski definition) is 2. The molecule has 37 heavy (non-hydrogen) atoms. The molecular weight excluding hydrogens is 495 g/mol. The van der Waals surface area contributed by atoms with Gasteiger partial charge in [-0.3, -0.25) is 10.1 Å². The summed E-state index contributed by atoms with van der Waals surface area (Å²) in [4.78, 5) is 12.3. The number of hydrogen-bond acceptors (Lipinski definition) is 7. The standard InChI is InChI=1S/C28H37FN2O5S/c1-4-36-27(32)20(3)31-28(12-14-35-15-13-28)23-11-10-22(24(29)17-23)16-25-19(2)30-18-26(37(25,33)34)21-8-6-5-7-9-21/h5-11,17,19-20,25-26,30-31H,4,12-16,18H2,1-3H3/t19-,20+,25?,26-/m0/s1. The van der Waals surface area contributed by atoms with E-state index in [1.165, 1.54) is 6.07 Å². The van der Waals surface area contributed by atoms with Crippen molar-refractivity contribution < 1.29 is 27.1 Å². The maximum Gasteiger partial charge on any atom is 0.322 e. The average molecular weight is 533 g/mol. The maximum absolute atomic E-state index is 15.6. The lowest BCUT2D eigenvalue weighted by atomic mass is 9.81. The van der Waals surface area contributed by atoms with Crippen LogP contribution in [-0.4, -0.2) is 58.1 Å². The van der Waals surface area contributed by atoms with E-state index in [1.807, 2.05) is 43.3 Å². The van der Waals surface area contributed by atoms with E-state index in [0.29, 0.717) is 43.7 Å². The zero-order valence-electron chi connectivity index (χ0n) is 21.7. The molecule has 0 bridgehead atoms. The lowest BCUT2D eigenvalue weighted by Gasteiger charge is -2.40. The summed E-state index contributed by atoms with van der Waals surface area (Å²) in [7, 11) is -3.56. The molecule has 0 aromatic heterocycles. The second-order valence-electron chi connectivity index (χ2n) is 10.0. The highest BCUT2D eigenvalue weighted by atomic mass is 32.2. The van der Waals surface area contributed by atoms with Crippen LogP contribution in [0.15, 0.2) is 48.5 Å². The van der Waals surface area contributed by atoms with Crippen molar-refractivity contribution in [2.45, 2.75) is 68.2 Å². The van der Waals surface area contributed by atoms with Crippen LogP contribution in [0.25, 0.3) is 0 Å². The fraction of sp³-hybridized carbons (Fsp3) is 0.536. The third kappa shape index (κ3) is 5.90. The number of sulfone groups is 1. The van der Waals surface area contributed by atoms with E-state index in [9.17, 15) is 13.2 Å². The summed E-state index contributed by atoms with van der Waals surface area (Å²) in [5, 5.41) is 5.27. The van der Waals surface area contributed by atoms with Gasteiger partial charge in [0.2, 0.25) is 0 Å². The molecule has 2 heterocycles. The molecule has 2 fully saturated rings. The van der Waals surface area contributed by atoms with E-state index in [0.717, 1.165) is 5.56 Å². The van der Waals surface area contributed by atoms with Gasteiger partial charge in [-0.15, -0.1) is 0 Å². The Kier molecular flexibility index (Phi) is 8.68. The lowest BCUT2D eigenvalue weighted by molar-refractivity contribution is -0.146. The molecule has 0 radical (unpaired) electrons. The Bertz CT molecular complexity index is 1180. The summed E-state index contributed by atoms with van der Waals surface area (Å²) >= 11 is 0. The molecule has 0 spiro atoms. The molecular formula is C28H37FN2O5S. The molecule has 2 aliphatic heterocycles. The van der Waals surface area contributed by atoms with E-state index in [-0.39, 0.29) is 25.0 Å². The van der Waals surface area contributed by atoms with Crippen molar-refractivity contribution in [3.63, 3.8) is 0 Å². The molecule has 7 nitrogen and oxygen atoms in total. The van der Waals surface area contributed by atoms with Crippen LogP contribution in [0.2, 0.25) is 0 Å². The number of ether oxygens (including phenoxy) is 2. The first-order valence-electron chi connectivity index (χ1n) is 13.0. The molecule has 4 atom stereocenters. The third-order valence-corrected chi connectivity index (χ3v) is 10.3. The average Bonchev–Trinajstić information content (AvgIpc) is 2.88. The number of nitrogens with one attached hydrogen (secondary N) is 2. The quantitative estimate of drug-likeness (QED) is 0.503. The van der Waals surface area contributed by atoms with E-state index in [4.69, 9.17) is 9.47 Å². The van der Waals surface area contributed by atoms with Crippen LogP contribution >= 0.6 is 0 Å². The number of esters is 1. The molecule has 2 aromatic rings. The summed E-state index contributed by atoms with van der Waals surface area (Å²) in [6.45, 7) is 6.92. The first-order chi connectivity index (χ1) is 17.7. The van der Waals surface area contributed by atoms with Crippen LogP contribution in [-0.2, 0) is 36.1 Å². The molecule has 4 rings (SSSR count). The van der Waals surface area contributed by atoms with Gasteiger partial charge in [0.05, 0.1) is 17.1 Å². The van der Waals surface area contributed by atoms with Gasteiger partial charge in [-0.2, -0.15) is 0 Å². The predicted octanol–water partition coefficient (Wildman–Crippen LogP) is 3.43. The monoisotopic (exact) mass is 532 g/mol. The highest BCUT2D eigenvalue weighted by Gasteiger charge is 2.43. The van der Waals surface area contributed by atoms with Gasteiger partial charge in [-0.25, -0.2) is 12.8 Å². The first-order valence-corrected chi connectivity index (χ1v) is 14.6. The first kappa shape index (κ1) is 27.7. The largest absolute Gasteiger partial charge is 0.465 e. The maximum atomic E-state index is 15.6. The fourth-order valence-electron chi connectivity index (χ4n) is 5.51. The minimum Gasteiger partial charge on any atom is -0.465 e. The number of carbonyl (C=O) groups is 1. The highest BCUT2D eigenvalue weighted by Crippen LogP contribution is 2.36. The molecule has 202 valence electrons. The molecule has 0 saturated carbocycles. The highest BCUT2D eigenvalue weighted by molar-refractivity contribution is 7.92. The van der Waals surface area contributed by atoms with Crippen LogP contribution < -0.4 is 10.6 Å². The molecule has 9 heteroatoms. The van der Waals surface area contributed by atoms with Gasteiger partial charge in [0.25, 0.3) is 0 Å². The van der Waals surface area contributed by atoms with E-state index in [1.54, 1.807) is 19.9 Å². The summed E-state index contributed by atoms with van der Waals surface area (Å²) < 4.78 is 53.5. The second kappa shape index (κ2) is 11.6. The molecule has 0 aliphatic carbocycles. The minimum absolute atomic E-state index is 0.0781. The van der Waals surface area contributed by atoms with Crippen LogP contribution in [0.4, 0.5) is 4.39 Å². The van der Waals surface area contributed by atoms with Gasteiger partial charge >= 0.3 is 5.97 Å². The van der Waals surface area contributed by atoms with Gasteiger partial charge in [-0.05, 0) is 62.8 Å². The third-order valence-electron chi connectivity index (χ3n) is 7.68. The van der Waals surface area contributed by atoms with Crippen molar-refractivity contribution in [2.75, 3.05) is 26.4 Å². The summed E-state index contributed by atoms with van der Waals surface area (Å²) in [6.07, 6.45) is 1.23. The Morgan fingerprint density at radius 1 is 1.22 bits per heavy atom. The van der Waals surface area contributed by atoms with Crippen LogP contribution in [0, 0.1) is 5.82 Å². The van der Waals surface area contributed by atoms with Crippen molar-refractivity contribution in [2.24, 2.45) is 0 Å². The number of carbonyl (C=O) groups excluding carboxylic acids is 1. The molecule has 1 unspecified atom stereocenters. The van der Waals surface area contributed by atoms with Crippen LogP contribution in [0.1, 0.15) is 55.6 Å². The summed E-state index contributed by atoms with van der Waals surface area (Å²) in [5.74, 6) is -0.805. The van der Waals surface area contributed by atoms with Crippen molar-refractivity contribution in [1.82, 2.24) is 10.6 Å². The molecule has 2 aliphatic rings. The Balaban J connectivity index is 1.59. The zero-order chi connectivity index (χ0) is 26.6. The van der Waals surface area contributed by atoms with Gasteiger partial charge in [0.1, 0.15) is 11.9 Å². The summed E-state index contributed by atoms with van der Waals surface area (Å²) in [5.41, 5.74) is 1.17. The molecule has 0 amide bonds. The number of benzene rings is 2. The normalized spacial score (nSPS) is 25.8. The van der Waals surface area contributed by atoms with Gasteiger partial charge < -0.3 is 14.8 Å². The van der Waals surface area contributed by atoms with Gasteiger partial charge in [-0.1, -0.05) is 42.5 Å². The number of halogens is 1. The molecule has 2 aromatic carbocycles.